The lowest BCUT2D eigenvalue weighted by molar-refractivity contribution is -0.124. The molecule has 3 N–H and O–H groups in total. The van der Waals surface area contributed by atoms with Gasteiger partial charge in [0.25, 0.3) is 5.91 Å². The summed E-state index contributed by atoms with van der Waals surface area (Å²) in [5, 5.41) is 8.59. The Hall–Kier alpha value is -1.66. The summed E-state index contributed by atoms with van der Waals surface area (Å²) in [7, 11) is 0. The first-order valence-electron chi connectivity index (χ1n) is 6.69. The second-order valence-corrected chi connectivity index (χ2v) is 4.74. The van der Waals surface area contributed by atoms with Crippen LogP contribution in [-0.4, -0.2) is 38.0 Å². The zero-order valence-corrected chi connectivity index (χ0v) is 12.3. The van der Waals surface area contributed by atoms with Gasteiger partial charge < -0.3 is 16.0 Å². The molecule has 0 saturated carbocycles. The van der Waals surface area contributed by atoms with Gasteiger partial charge in [-0.15, -0.1) is 12.4 Å². The van der Waals surface area contributed by atoms with Crippen LogP contribution in [-0.2, 0) is 4.79 Å². The number of hydrogen-bond acceptors (Lipinski definition) is 3. The van der Waals surface area contributed by atoms with Crippen LogP contribution in [0, 0.1) is 11.7 Å². The largest absolute Gasteiger partial charge is 0.354 e. The molecule has 1 saturated heterocycles. The molecule has 1 aliphatic heterocycles. The summed E-state index contributed by atoms with van der Waals surface area (Å²) in [6, 6.07) is 5.33. The van der Waals surface area contributed by atoms with Gasteiger partial charge in [-0.1, -0.05) is 0 Å². The fourth-order valence-corrected chi connectivity index (χ4v) is 2.09. The molecular weight excluding hydrogens is 297 g/mol. The van der Waals surface area contributed by atoms with E-state index in [0.29, 0.717) is 25.2 Å². The van der Waals surface area contributed by atoms with Crippen molar-refractivity contribution < 1.29 is 14.0 Å². The van der Waals surface area contributed by atoms with E-state index in [1.165, 1.54) is 24.3 Å². The van der Waals surface area contributed by atoms with Gasteiger partial charge in [-0.25, -0.2) is 4.39 Å². The van der Waals surface area contributed by atoms with Gasteiger partial charge in [0, 0.05) is 25.2 Å². The summed E-state index contributed by atoms with van der Waals surface area (Å²) in [6.45, 7) is 2.33. The standard InChI is InChI=1S/C14H18FN3O2.ClH/c15-12-3-1-10(2-4-12)13(19)17-7-8-18-14(20)11-5-6-16-9-11;/h1-4,11,16H,5-9H2,(H,17,19)(H,18,20);1H. The second kappa shape index (κ2) is 8.59. The molecule has 7 heteroatoms. The number of amides is 2. The molecular formula is C14H19ClFN3O2. The molecule has 1 aromatic rings. The van der Waals surface area contributed by atoms with Crippen LogP contribution in [0.1, 0.15) is 16.8 Å². The number of nitrogens with one attached hydrogen (secondary N) is 3. The van der Waals surface area contributed by atoms with Gasteiger partial charge >= 0.3 is 0 Å². The molecule has 1 aromatic carbocycles. The van der Waals surface area contributed by atoms with Gasteiger partial charge in [0.1, 0.15) is 5.82 Å². The normalized spacial score (nSPS) is 16.9. The molecule has 1 atom stereocenters. The Morgan fingerprint density at radius 2 is 1.86 bits per heavy atom. The Morgan fingerprint density at radius 1 is 1.19 bits per heavy atom. The minimum absolute atomic E-state index is 0. The fourth-order valence-electron chi connectivity index (χ4n) is 2.09. The molecule has 0 aliphatic carbocycles. The number of benzene rings is 1. The minimum Gasteiger partial charge on any atom is -0.354 e. The third-order valence-electron chi connectivity index (χ3n) is 3.25. The van der Waals surface area contributed by atoms with E-state index in [9.17, 15) is 14.0 Å². The van der Waals surface area contributed by atoms with Gasteiger partial charge in [-0.05, 0) is 37.2 Å². The number of halogens is 2. The van der Waals surface area contributed by atoms with Gasteiger partial charge in [0.15, 0.2) is 0 Å². The van der Waals surface area contributed by atoms with Crippen LogP contribution in [0.2, 0.25) is 0 Å². The average Bonchev–Trinajstić information content (AvgIpc) is 2.98. The monoisotopic (exact) mass is 315 g/mol. The highest BCUT2D eigenvalue weighted by Gasteiger charge is 2.21. The van der Waals surface area contributed by atoms with Gasteiger partial charge in [0.05, 0.1) is 5.92 Å². The predicted molar refractivity (Wildman–Crippen MR) is 80.0 cm³/mol. The highest BCUT2D eigenvalue weighted by Crippen LogP contribution is 2.06. The van der Waals surface area contributed by atoms with E-state index in [4.69, 9.17) is 0 Å². The number of rotatable bonds is 5. The Kier molecular flexibility index (Phi) is 7.11. The lowest BCUT2D eigenvalue weighted by Gasteiger charge is -2.10. The van der Waals surface area contributed by atoms with Crippen LogP contribution in [0.5, 0.6) is 0 Å². The summed E-state index contributed by atoms with van der Waals surface area (Å²) >= 11 is 0. The maximum Gasteiger partial charge on any atom is 0.251 e. The van der Waals surface area contributed by atoms with Gasteiger partial charge in [-0.2, -0.15) is 0 Å². The zero-order valence-electron chi connectivity index (χ0n) is 11.5. The van der Waals surface area contributed by atoms with Crippen molar-refractivity contribution >= 4 is 24.2 Å². The Morgan fingerprint density at radius 3 is 2.48 bits per heavy atom. The van der Waals surface area contributed by atoms with Crippen molar-refractivity contribution in [1.82, 2.24) is 16.0 Å². The maximum absolute atomic E-state index is 12.7. The van der Waals surface area contributed by atoms with Crippen molar-refractivity contribution in [3.63, 3.8) is 0 Å². The third-order valence-corrected chi connectivity index (χ3v) is 3.25. The van der Waals surface area contributed by atoms with Crippen LogP contribution in [0.25, 0.3) is 0 Å². The van der Waals surface area contributed by atoms with Crippen molar-refractivity contribution in [2.24, 2.45) is 5.92 Å². The number of carbonyl (C=O) groups is 2. The molecule has 116 valence electrons. The van der Waals surface area contributed by atoms with Crippen molar-refractivity contribution in [2.75, 3.05) is 26.2 Å². The molecule has 1 heterocycles. The molecule has 0 radical (unpaired) electrons. The van der Waals surface area contributed by atoms with E-state index < -0.39 is 0 Å². The van der Waals surface area contributed by atoms with Crippen molar-refractivity contribution in [1.29, 1.82) is 0 Å². The number of hydrogen-bond donors (Lipinski definition) is 3. The second-order valence-electron chi connectivity index (χ2n) is 4.74. The minimum atomic E-state index is -0.376. The summed E-state index contributed by atoms with van der Waals surface area (Å²) < 4.78 is 12.7. The van der Waals surface area contributed by atoms with E-state index in [0.717, 1.165) is 13.0 Å². The summed E-state index contributed by atoms with van der Waals surface area (Å²) in [4.78, 5) is 23.4. The van der Waals surface area contributed by atoms with Crippen LogP contribution in [0.15, 0.2) is 24.3 Å². The quantitative estimate of drug-likeness (QED) is 0.701. The highest BCUT2D eigenvalue weighted by molar-refractivity contribution is 5.94. The molecule has 2 amide bonds. The first-order chi connectivity index (χ1) is 9.66. The highest BCUT2D eigenvalue weighted by atomic mass is 35.5. The Bertz CT molecular complexity index is 476. The molecule has 21 heavy (non-hydrogen) atoms. The topological polar surface area (TPSA) is 70.2 Å². The van der Waals surface area contributed by atoms with Crippen LogP contribution in [0.3, 0.4) is 0 Å². The van der Waals surface area contributed by atoms with Crippen LogP contribution < -0.4 is 16.0 Å². The molecule has 2 rings (SSSR count). The van der Waals surface area contributed by atoms with E-state index in [1.54, 1.807) is 0 Å². The molecule has 5 nitrogen and oxygen atoms in total. The molecule has 1 fully saturated rings. The Labute approximate surface area is 129 Å². The van der Waals surface area contributed by atoms with E-state index in [2.05, 4.69) is 16.0 Å². The van der Waals surface area contributed by atoms with Gasteiger partial charge in [-0.3, -0.25) is 9.59 Å². The smallest absolute Gasteiger partial charge is 0.251 e. The molecule has 0 bridgehead atoms. The van der Waals surface area contributed by atoms with Crippen molar-refractivity contribution in [3.8, 4) is 0 Å². The summed E-state index contributed by atoms with van der Waals surface area (Å²) in [5.74, 6) is -0.602. The third kappa shape index (κ3) is 5.32. The van der Waals surface area contributed by atoms with E-state index >= 15 is 0 Å². The maximum atomic E-state index is 12.7. The molecule has 0 aromatic heterocycles. The average molecular weight is 316 g/mol. The van der Waals surface area contributed by atoms with E-state index in [-0.39, 0.29) is 36.0 Å². The molecule has 0 spiro atoms. The first-order valence-corrected chi connectivity index (χ1v) is 6.69. The SMILES string of the molecule is Cl.O=C(NCCNC(=O)C1CCNC1)c1ccc(F)cc1. The van der Waals surface area contributed by atoms with Crippen molar-refractivity contribution in [3.05, 3.63) is 35.6 Å². The zero-order chi connectivity index (χ0) is 14.4. The van der Waals surface area contributed by atoms with Crippen LogP contribution in [0.4, 0.5) is 4.39 Å². The van der Waals surface area contributed by atoms with Crippen molar-refractivity contribution in [2.45, 2.75) is 6.42 Å². The summed E-state index contributed by atoms with van der Waals surface area (Å²) in [5.41, 5.74) is 0.401. The fraction of sp³-hybridized carbons (Fsp3) is 0.429. The predicted octanol–water partition coefficient (Wildman–Crippen LogP) is 0.703. The lowest BCUT2D eigenvalue weighted by Crippen LogP contribution is -2.38. The number of carbonyl (C=O) groups excluding carboxylic acids is 2. The van der Waals surface area contributed by atoms with Gasteiger partial charge in [0.2, 0.25) is 5.91 Å². The summed E-state index contributed by atoms with van der Waals surface area (Å²) in [6.07, 6.45) is 0.855. The first kappa shape index (κ1) is 17.4. The Balaban J connectivity index is 0.00000220. The van der Waals surface area contributed by atoms with E-state index in [1.807, 2.05) is 0 Å². The lowest BCUT2D eigenvalue weighted by atomic mass is 10.1. The van der Waals surface area contributed by atoms with Crippen LogP contribution >= 0.6 is 12.4 Å². The molecule has 1 aliphatic rings. The molecule has 1 unspecified atom stereocenters.